The first-order chi connectivity index (χ1) is 11.1. The second-order valence-corrected chi connectivity index (χ2v) is 6.22. The van der Waals surface area contributed by atoms with Gasteiger partial charge in [0.15, 0.2) is 5.82 Å². The van der Waals surface area contributed by atoms with Gasteiger partial charge in [-0.25, -0.2) is 4.98 Å². The Bertz CT molecular complexity index is 708. The van der Waals surface area contributed by atoms with Crippen LogP contribution in [0.2, 0.25) is 0 Å². The van der Waals surface area contributed by atoms with E-state index in [1.165, 1.54) is 0 Å². The molecule has 0 aromatic carbocycles. The van der Waals surface area contributed by atoms with Gasteiger partial charge in [-0.3, -0.25) is 9.69 Å². The van der Waals surface area contributed by atoms with Crippen molar-refractivity contribution in [2.24, 2.45) is 5.92 Å². The Labute approximate surface area is 135 Å². The van der Waals surface area contributed by atoms with Crippen molar-refractivity contribution >= 4 is 0 Å². The van der Waals surface area contributed by atoms with Gasteiger partial charge in [0.05, 0.1) is 6.54 Å². The lowest BCUT2D eigenvalue weighted by molar-refractivity contribution is 0.157. The van der Waals surface area contributed by atoms with Crippen LogP contribution in [0, 0.1) is 12.8 Å². The average molecular weight is 317 g/mol. The monoisotopic (exact) mass is 317 g/mol. The van der Waals surface area contributed by atoms with E-state index in [0.717, 1.165) is 50.3 Å². The number of aryl methyl sites for hydroxylation is 2. The van der Waals surface area contributed by atoms with Gasteiger partial charge < -0.3 is 9.51 Å². The zero-order valence-corrected chi connectivity index (χ0v) is 13.7. The molecule has 1 aliphatic rings. The first-order valence-electron chi connectivity index (χ1n) is 8.23. The van der Waals surface area contributed by atoms with Gasteiger partial charge in [-0.05, 0) is 38.6 Å². The molecule has 0 saturated carbocycles. The molecular weight excluding hydrogens is 294 g/mol. The Morgan fingerprint density at radius 2 is 2.30 bits per heavy atom. The molecule has 0 aliphatic carbocycles. The molecule has 2 aromatic heterocycles. The molecule has 1 atom stereocenters. The van der Waals surface area contributed by atoms with E-state index >= 15 is 0 Å². The third kappa shape index (κ3) is 4.25. The van der Waals surface area contributed by atoms with Gasteiger partial charge in [0.2, 0.25) is 5.89 Å². The van der Waals surface area contributed by atoms with Gasteiger partial charge in [0, 0.05) is 24.7 Å². The van der Waals surface area contributed by atoms with Crippen LogP contribution in [-0.4, -0.2) is 38.1 Å². The second-order valence-electron chi connectivity index (χ2n) is 6.22. The molecule has 0 amide bonds. The van der Waals surface area contributed by atoms with Crippen molar-refractivity contribution in [3.8, 4) is 0 Å². The van der Waals surface area contributed by atoms with E-state index in [4.69, 9.17) is 4.52 Å². The molecule has 7 heteroatoms. The highest BCUT2D eigenvalue weighted by Crippen LogP contribution is 2.21. The number of nitrogens with one attached hydrogen (secondary N) is 1. The number of H-pyrrole nitrogens is 1. The number of nitrogens with zero attached hydrogens (tertiary/aromatic N) is 4. The third-order valence-electron chi connectivity index (χ3n) is 4.22. The van der Waals surface area contributed by atoms with Crippen molar-refractivity contribution in [1.29, 1.82) is 0 Å². The minimum Gasteiger partial charge on any atom is -0.339 e. The lowest BCUT2D eigenvalue weighted by Crippen LogP contribution is -2.36. The topological polar surface area (TPSA) is 87.9 Å². The summed E-state index contributed by atoms with van der Waals surface area (Å²) in [5.74, 6) is 2.66. The molecule has 2 aromatic rings. The van der Waals surface area contributed by atoms with Gasteiger partial charge in [0.25, 0.3) is 5.56 Å². The van der Waals surface area contributed by atoms with Crippen LogP contribution < -0.4 is 5.56 Å². The van der Waals surface area contributed by atoms with Crippen LogP contribution >= 0.6 is 0 Å². The van der Waals surface area contributed by atoms with Gasteiger partial charge in [-0.2, -0.15) is 4.98 Å². The molecule has 3 heterocycles. The van der Waals surface area contributed by atoms with E-state index in [1.54, 1.807) is 6.07 Å². The van der Waals surface area contributed by atoms with E-state index in [9.17, 15) is 4.79 Å². The maximum Gasteiger partial charge on any atom is 0.251 e. The summed E-state index contributed by atoms with van der Waals surface area (Å²) in [6.07, 6.45) is 3.89. The quantitative estimate of drug-likeness (QED) is 0.898. The summed E-state index contributed by atoms with van der Waals surface area (Å²) < 4.78 is 5.23. The molecule has 1 fully saturated rings. The lowest BCUT2D eigenvalue weighted by Gasteiger charge is -2.31. The molecular formula is C16H23N5O2. The molecule has 0 unspecified atom stereocenters. The van der Waals surface area contributed by atoms with Crippen LogP contribution in [0.3, 0.4) is 0 Å². The van der Waals surface area contributed by atoms with Crippen LogP contribution in [0.5, 0.6) is 0 Å². The van der Waals surface area contributed by atoms with Crippen molar-refractivity contribution < 1.29 is 4.52 Å². The largest absolute Gasteiger partial charge is 0.339 e. The molecule has 7 nitrogen and oxygen atoms in total. The molecule has 124 valence electrons. The summed E-state index contributed by atoms with van der Waals surface area (Å²) in [7, 11) is 0. The van der Waals surface area contributed by atoms with Gasteiger partial charge in [-0.15, -0.1) is 0 Å². The smallest absolute Gasteiger partial charge is 0.251 e. The van der Waals surface area contributed by atoms with Crippen LogP contribution in [0.4, 0.5) is 0 Å². The highest BCUT2D eigenvalue weighted by molar-refractivity contribution is 5.02. The number of hydrogen-bond acceptors (Lipinski definition) is 6. The van der Waals surface area contributed by atoms with Crippen molar-refractivity contribution in [2.75, 3.05) is 13.1 Å². The fourth-order valence-electron chi connectivity index (χ4n) is 3.16. The van der Waals surface area contributed by atoms with Crippen molar-refractivity contribution in [2.45, 2.75) is 46.1 Å². The number of aromatic nitrogens is 4. The third-order valence-corrected chi connectivity index (χ3v) is 4.22. The predicted molar refractivity (Wildman–Crippen MR) is 85.0 cm³/mol. The van der Waals surface area contributed by atoms with E-state index in [1.807, 2.05) is 13.8 Å². The van der Waals surface area contributed by atoms with Crippen LogP contribution in [0.25, 0.3) is 0 Å². The fourth-order valence-corrected chi connectivity index (χ4v) is 3.16. The van der Waals surface area contributed by atoms with Crippen LogP contribution in [0.1, 0.15) is 43.0 Å². The first-order valence-corrected chi connectivity index (χ1v) is 8.23. The standard InChI is InChI=1S/C16H23N5O2/c1-3-13-8-15(22)19-14(18-13)10-21-6-4-5-12(9-21)7-16-17-11(2)20-23-16/h8,12H,3-7,9-10H2,1-2H3,(H,18,19,22)/t12-/m1/s1. The zero-order valence-electron chi connectivity index (χ0n) is 13.7. The molecule has 3 rings (SSSR count). The van der Waals surface area contributed by atoms with Crippen LogP contribution in [0.15, 0.2) is 15.4 Å². The summed E-state index contributed by atoms with van der Waals surface area (Å²) in [5.41, 5.74) is 0.778. The SMILES string of the molecule is CCc1cc(=O)[nH]c(CN2CCC[C@H](Cc3nc(C)no3)C2)n1. The summed E-state index contributed by atoms with van der Waals surface area (Å²) in [4.78, 5) is 25.7. The molecule has 0 spiro atoms. The lowest BCUT2D eigenvalue weighted by atomic mass is 9.95. The van der Waals surface area contributed by atoms with Crippen molar-refractivity contribution in [3.63, 3.8) is 0 Å². The maximum atomic E-state index is 11.7. The van der Waals surface area contributed by atoms with E-state index in [-0.39, 0.29) is 5.56 Å². The number of hydrogen-bond donors (Lipinski definition) is 1. The molecule has 1 aliphatic heterocycles. The summed E-state index contributed by atoms with van der Waals surface area (Å²) in [5, 5.41) is 3.85. The maximum absolute atomic E-state index is 11.7. The number of likely N-dealkylation sites (tertiary alicyclic amines) is 1. The van der Waals surface area contributed by atoms with Gasteiger partial charge >= 0.3 is 0 Å². The highest BCUT2D eigenvalue weighted by atomic mass is 16.5. The summed E-state index contributed by atoms with van der Waals surface area (Å²) >= 11 is 0. The van der Waals surface area contributed by atoms with Crippen molar-refractivity contribution in [3.05, 3.63) is 39.7 Å². The van der Waals surface area contributed by atoms with E-state index < -0.39 is 0 Å². The first kappa shape index (κ1) is 15.9. The van der Waals surface area contributed by atoms with Crippen LogP contribution in [-0.2, 0) is 19.4 Å². The Balaban J connectivity index is 1.62. The summed E-state index contributed by atoms with van der Waals surface area (Å²) in [6.45, 7) is 6.52. The molecule has 1 N–H and O–H groups in total. The van der Waals surface area contributed by atoms with Gasteiger partial charge in [0.1, 0.15) is 5.82 Å². The zero-order chi connectivity index (χ0) is 16.2. The van der Waals surface area contributed by atoms with E-state index in [2.05, 4.69) is 25.0 Å². The minimum absolute atomic E-state index is 0.0678. The fraction of sp³-hybridized carbons (Fsp3) is 0.625. The number of aromatic amines is 1. The highest BCUT2D eigenvalue weighted by Gasteiger charge is 2.22. The minimum atomic E-state index is -0.0678. The normalized spacial score (nSPS) is 19.1. The second kappa shape index (κ2) is 7.04. The molecule has 0 radical (unpaired) electrons. The number of piperidine rings is 1. The molecule has 1 saturated heterocycles. The Kier molecular flexibility index (Phi) is 4.85. The Morgan fingerprint density at radius 3 is 3.04 bits per heavy atom. The molecule has 23 heavy (non-hydrogen) atoms. The molecule has 0 bridgehead atoms. The van der Waals surface area contributed by atoms with Crippen molar-refractivity contribution in [1.82, 2.24) is 25.0 Å². The predicted octanol–water partition coefficient (Wildman–Crippen LogP) is 1.48. The number of rotatable bonds is 5. The summed E-state index contributed by atoms with van der Waals surface area (Å²) in [6, 6.07) is 1.57. The Morgan fingerprint density at radius 1 is 1.43 bits per heavy atom. The average Bonchev–Trinajstić information content (AvgIpc) is 2.92. The van der Waals surface area contributed by atoms with Gasteiger partial charge in [-0.1, -0.05) is 12.1 Å². The Hall–Kier alpha value is -2.02. The van der Waals surface area contributed by atoms with E-state index in [0.29, 0.717) is 24.2 Å².